The molecule has 15 heavy (non-hydrogen) atoms. The molecule has 0 radical (unpaired) electrons. The van der Waals surface area contributed by atoms with Gasteiger partial charge >= 0.3 is 0 Å². The molecule has 3 nitrogen and oxygen atoms in total. The summed E-state index contributed by atoms with van der Waals surface area (Å²) in [4.78, 5) is 13.7. The van der Waals surface area contributed by atoms with Gasteiger partial charge in [0.25, 0.3) is 0 Å². The van der Waals surface area contributed by atoms with Gasteiger partial charge in [-0.15, -0.1) is 0 Å². The lowest BCUT2D eigenvalue weighted by atomic mass is 10.4. The lowest BCUT2D eigenvalue weighted by Crippen LogP contribution is -2.33. The van der Waals surface area contributed by atoms with Crippen LogP contribution in [-0.4, -0.2) is 28.5 Å². The number of carbonyl (C=O) groups excluding carboxylic acids is 1. The third kappa shape index (κ3) is 2.61. The van der Waals surface area contributed by atoms with Crippen LogP contribution in [0, 0.1) is 13.8 Å². The SMILES string of the molecule is CCN(CC)C(=O)Cn1c(C)ccc1C. The molecule has 0 aromatic carbocycles. The second kappa shape index (κ2) is 5.01. The molecular weight excluding hydrogens is 188 g/mol. The Hall–Kier alpha value is -1.25. The van der Waals surface area contributed by atoms with Crippen molar-refractivity contribution in [2.24, 2.45) is 0 Å². The molecule has 0 saturated heterocycles. The fourth-order valence-corrected chi connectivity index (χ4v) is 1.76. The van der Waals surface area contributed by atoms with Crippen LogP contribution < -0.4 is 0 Å². The van der Waals surface area contributed by atoms with Gasteiger partial charge in [-0.1, -0.05) is 0 Å². The van der Waals surface area contributed by atoms with E-state index in [1.165, 1.54) is 0 Å². The molecule has 0 saturated carbocycles. The molecule has 1 amide bonds. The van der Waals surface area contributed by atoms with Crippen molar-refractivity contribution in [2.45, 2.75) is 34.2 Å². The number of nitrogens with zero attached hydrogens (tertiary/aromatic N) is 2. The normalized spacial score (nSPS) is 10.4. The van der Waals surface area contributed by atoms with Crippen LogP contribution in [-0.2, 0) is 11.3 Å². The van der Waals surface area contributed by atoms with Gasteiger partial charge in [-0.05, 0) is 39.8 Å². The lowest BCUT2D eigenvalue weighted by Gasteiger charge is -2.20. The molecule has 0 aliphatic heterocycles. The van der Waals surface area contributed by atoms with Crippen molar-refractivity contribution >= 4 is 5.91 Å². The van der Waals surface area contributed by atoms with E-state index in [4.69, 9.17) is 0 Å². The number of hydrogen-bond donors (Lipinski definition) is 0. The highest BCUT2D eigenvalue weighted by Gasteiger charge is 2.11. The summed E-state index contributed by atoms with van der Waals surface area (Å²) in [5, 5.41) is 0. The molecule has 1 aromatic rings. The molecule has 0 N–H and O–H groups in total. The first-order valence-corrected chi connectivity index (χ1v) is 5.50. The van der Waals surface area contributed by atoms with Crippen molar-refractivity contribution < 1.29 is 4.79 Å². The Kier molecular flexibility index (Phi) is 3.95. The Bertz CT molecular complexity index is 318. The van der Waals surface area contributed by atoms with Gasteiger partial charge in [0.1, 0.15) is 6.54 Å². The highest BCUT2D eigenvalue weighted by atomic mass is 16.2. The zero-order valence-corrected chi connectivity index (χ0v) is 10.1. The smallest absolute Gasteiger partial charge is 0.242 e. The molecule has 0 bridgehead atoms. The number of likely N-dealkylation sites (N-methyl/N-ethyl adjacent to an activating group) is 1. The molecule has 0 spiro atoms. The van der Waals surface area contributed by atoms with Crippen LogP contribution in [0.15, 0.2) is 12.1 Å². The standard InChI is InChI=1S/C12H20N2O/c1-5-13(6-2)12(15)9-14-10(3)7-8-11(14)4/h7-8H,5-6,9H2,1-4H3. The van der Waals surface area contributed by atoms with Crippen molar-refractivity contribution in [1.82, 2.24) is 9.47 Å². The van der Waals surface area contributed by atoms with Gasteiger partial charge in [0.2, 0.25) is 5.91 Å². The van der Waals surface area contributed by atoms with E-state index < -0.39 is 0 Å². The van der Waals surface area contributed by atoms with Crippen molar-refractivity contribution in [3.63, 3.8) is 0 Å². The largest absolute Gasteiger partial charge is 0.342 e. The highest BCUT2D eigenvalue weighted by molar-refractivity contribution is 5.76. The molecule has 0 unspecified atom stereocenters. The Labute approximate surface area is 91.7 Å². The van der Waals surface area contributed by atoms with Gasteiger partial charge in [-0.25, -0.2) is 0 Å². The summed E-state index contributed by atoms with van der Waals surface area (Å²) in [6.07, 6.45) is 0. The molecule has 3 heteroatoms. The van der Waals surface area contributed by atoms with Crippen LogP contribution in [0.3, 0.4) is 0 Å². The van der Waals surface area contributed by atoms with Crippen LogP contribution in [0.4, 0.5) is 0 Å². The third-order valence-corrected chi connectivity index (χ3v) is 2.83. The minimum atomic E-state index is 0.197. The van der Waals surface area contributed by atoms with Crippen LogP contribution >= 0.6 is 0 Å². The molecule has 1 aromatic heterocycles. The zero-order valence-electron chi connectivity index (χ0n) is 10.1. The van der Waals surface area contributed by atoms with Crippen molar-refractivity contribution in [2.75, 3.05) is 13.1 Å². The van der Waals surface area contributed by atoms with Crippen LogP contribution in [0.25, 0.3) is 0 Å². The molecular formula is C12H20N2O. The van der Waals surface area contributed by atoms with E-state index in [1.54, 1.807) is 0 Å². The molecule has 0 aliphatic carbocycles. The maximum atomic E-state index is 11.9. The minimum Gasteiger partial charge on any atom is -0.342 e. The molecule has 84 valence electrons. The number of aryl methyl sites for hydroxylation is 2. The van der Waals surface area contributed by atoms with Crippen molar-refractivity contribution in [3.05, 3.63) is 23.5 Å². The van der Waals surface area contributed by atoms with Crippen LogP contribution in [0.5, 0.6) is 0 Å². The zero-order chi connectivity index (χ0) is 11.4. The van der Waals surface area contributed by atoms with E-state index >= 15 is 0 Å². The predicted octanol–water partition coefficient (Wildman–Crippen LogP) is 1.97. The summed E-state index contributed by atoms with van der Waals surface area (Å²) in [7, 11) is 0. The summed E-state index contributed by atoms with van der Waals surface area (Å²) in [5.74, 6) is 0.197. The van der Waals surface area contributed by atoms with Gasteiger partial charge in [0.15, 0.2) is 0 Å². The summed E-state index contributed by atoms with van der Waals surface area (Å²) in [6, 6.07) is 4.09. The average molecular weight is 208 g/mol. The van der Waals surface area contributed by atoms with Crippen molar-refractivity contribution in [1.29, 1.82) is 0 Å². The minimum absolute atomic E-state index is 0.197. The number of amides is 1. The second-order valence-electron chi connectivity index (χ2n) is 3.77. The molecule has 0 atom stereocenters. The van der Waals surface area contributed by atoms with E-state index in [2.05, 4.69) is 4.57 Å². The fraction of sp³-hybridized carbons (Fsp3) is 0.583. The van der Waals surface area contributed by atoms with E-state index in [9.17, 15) is 4.79 Å². The van der Waals surface area contributed by atoms with Gasteiger partial charge in [0, 0.05) is 24.5 Å². The van der Waals surface area contributed by atoms with E-state index in [1.807, 2.05) is 44.7 Å². The van der Waals surface area contributed by atoms with Gasteiger partial charge < -0.3 is 9.47 Å². The van der Waals surface area contributed by atoms with Gasteiger partial charge in [-0.3, -0.25) is 4.79 Å². The monoisotopic (exact) mass is 208 g/mol. The Morgan fingerprint density at radius 3 is 2.07 bits per heavy atom. The molecule has 1 heterocycles. The number of carbonyl (C=O) groups is 1. The third-order valence-electron chi connectivity index (χ3n) is 2.83. The first kappa shape index (κ1) is 11.8. The van der Waals surface area contributed by atoms with E-state index in [-0.39, 0.29) is 5.91 Å². The number of rotatable bonds is 4. The number of aromatic nitrogens is 1. The summed E-state index contributed by atoms with van der Waals surface area (Å²) in [5.41, 5.74) is 2.29. The van der Waals surface area contributed by atoms with Gasteiger partial charge in [0.05, 0.1) is 0 Å². The average Bonchev–Trinajstić information content (AvgIpc) is 2.51. The summed E-state index contributed by atoms with van der Waals surface area (Å²) in [6.45, 7) is 10.1. The van der Waals surface area contributed by atoms with Crippen LogP contribution in [0.2, 0.25) is 0 Å². The van der Waals surface area contributed by atoms with E-state index in [0.717, 1.165) is 24.5 Å². The predicted molar refractivity (Wildman–Crippen MR) is 61.8 cm³/mol. The highest BCUT2D eigenvalue weighted by Crippen LogP contribution is 2.07. The maximum Gasteiger partial charge on any atom is 0.242 e. The Balaban J connectivity index is 2.74. The molecule has 0 fully saturated rings. The first-order valence-electron chi connectivity index (χ1n) is 5.50. The Morgan fingerprint density at radius 2 is 1.67 bits per heavy atom. The lowest BCUT2D eigenvalue weighted by molar-refractivity contribution is -0.131. The molecule has 1 rings (SSSR count). The first-order chi connectivity index (χ1) is 7.10. The Morgan fingerprint density at radius 1 is 1.20 bits per heavy atom. The quantitative estimate of drug-likeness (QED) is 0.742. The van der Waals surface area contributed by atoms with E-state index in [0.29, 0.717) is 6.54 Å². The van der Waals surface area contributed by atoms with Gasteiger partial charge in [-0.2, -0.15) is 0 Å². The topological polar surface area (TPSA) is 25.2 Å². The summed E-state index contributed by atoms with van der Waals surface area (Å²) < 4.78 is 2.06. The summed E-state index contributed by atoms with van der Waals surface area (Å²) >= 11 is 0. The van der Waals surface area contributed by atoms with Crippen molar-refractivity contribution in [3.8, 4) is 0 Å². The maximum absolute atomic E-state index is 11.9. The second-order valence-corrected chi connectivity index (χ2v) is 3.77. The fourth-order valence-electron chi connectivity index (χ4n) is 1.76. The molecule has 0 aliphatic rings. The van der Waals surface area contributed by atoms with Crippen LogP contribution in [0.1, 0.15) is 25.2 Å². The number of hydrogen-bond acceptors (Lipinski definition) is 1.